The van der Waals surface area contributed by atoms with Crippen molar-refractivity contribution in [3.05, 3.63) is 23.9 Å². The van der Waals surface area contributed by atoms with Gasteiger partial charge in [0.15, 0.2) is 0 Å². The quantitative estimate of drug-likeness (QED) is 0.590. The average Bonchev–Trinajstić information content (AvgIpc) is 2.05. The second kappa shape index (κ2) is 3.02. The molecule has 0 saturated heterocycles. The molecular weight excluding hydrogens is 148 g/mol. The van der Waals surface area contributed by atoms with Crippen LogP contribution in [-0.4, -0.2) is 17.0 Å². The van der Waals surface area contributed by atoms with E-state index in [1.165, 1.54) is 5.57 Å². The lowest BCUT2D eigenvalue weighted by molar-refractivity contribution is 0.265. The molecule has 0 aromatic carbocycles. The van der Waals surface area contributed by atoms with Crippen molar-refractivity contribution in [1.29, 1.82) is 5.26 Å². The van der Waals surface area contributed by atoms with Crippen LogP contribution >= 0.6 is 0 Å². The van der Waals surface area contributed by atoms with Crippen LogP contribution in [0.5, 0.6) is 0 Å². The van der Waals surface area contributed by atoms with E-state index in [4.69, 9.17) is 5.26 Å². The van der Waals surface area contributed by atoms with Crippen LogP contribution in [0.3, 0.4) is 0 Å². The molecule has 0 spiro atoms. The van der Waals surface area contributed by atoms with E-state index >= 15 is 0 Å². The van der Waals surface area contributed by atoms with Crippen molar-refractivity contribution in [2.24, 2.45) is 0 Å². The molecule has 0 atom stereocenters. The molecule has 0 aromatic heterocycles. The van der Waals surface area contributed by atoms with Gasteiger partial charge in [-0.2, -0.15) is 5.26 Å². The zero-order valence-corrected chi connectivity index (χ0v) is 7.83. The van der Waals surface area contributed by atoms with Crippen molar-refractivity contribution in [2.45, 2.75) is 26.3 Å². The zero-order valence-electron chi connectivity index (χ0n) is 7.83. The highest BCUT2D eigenvalue weighted by atomic mass is 15.2. The van der Waals surface area contributed by atoms with E-state index in [9.17, 15) is 0 Å². The molecule has 0 N–H and O–H groups in total. The molecule has 0 unspecified atom stereocenters. The monoisotopic (exact) mass is 162 g/mol. The fourth-order valence-electron chi connectivity index (χ4n) is 1.06. The second-order valence-corrected chi connectivity index (χ2v) is 3.59. The van der Waals surface area contributed by atoms with Gasteiger partial charge in [0.25, 0.3) is 0 Å². The third-order valence-electron chi connectivity index (χ3n) is 2.12. The van der Waals surface area contributed by atoms with Gasteiger partial charge in [-0.05, 0) is 26.8 Å². The van der Waals surface area contributed by atoms with Crippen molar-refractivity contribution in [3.63, 3.8) is 0 Å². The van der Waals surface area contributed by atoms with Gasteiger partial charge >= 0.3 is 0 Å². The molecule has 1 aliphatic heterocycles. The molecule has 64 valence electrons. The molecule has 0 fully saturated rings. The van der Waals surface area contributed by atoms with Crippen LogP contribution in [0.4, 0.5) is 0 Å². The second-order valence-electron chi connectivity index (χ2n) is 3.59. The average molecular weight is 162 g/mol. The third kappa shape index (κ3) is 1.68. The zero-order chi connectivity index (χ0) is 9.19. The highest BCUT2D eigenvalue weighted by Gasteiger charge is 2.23. The van der Waals surface area contributed by atoms with E-state index in [0.717, 1.165) is 6.54 Å². The Kier molecular flexibility index (Phi) is 2.23. The summed E-state index contributed by atoms with van der Waals surface area (Å²) in [5.74, 6) is 0. The largest absolute Gasteiger partial charge is 0.356 e. The van der Waals surface area contributed by atoms with Crippen molar-refractivity contribution in [2.75, 3.05) is 6.54 Å². The molecule has 1 heterocycles. The van der Waals surface area contributed by atoms with E-state index in [1.54, 1.807) is 0 Å². The minimum atomic E-state index is -0.395. The SMILES string of the molecule is CC1=CCN(C(C)(C)C#N)C=C1. The Labute approximate surface area is 73.8 Å². The van der Waals surface area contributed by atoms with Gasteiger partial charge in [-0.15, -0.1) is 0 Å². The Bertz CT molecular complexity index is 266. The maximum atomic E-state index is 8.87. The van der Waals surface area contributed by atoms with Crippen LogP contribution in [-0.2, 0) is 0 Å². The summed E-state index contributed by atoms with van der Waals surface area (Å²) >= 11 is 0. The smallest absolute Gasteiger partial charge is 0.121 e. The topological polar surface area (TPSA) is 27.0 Å². The van der Waals surface area contributed by atoms with Gasteiger partial charge in [-0.1, -0.05) is 11.6 Å². The molecule has 0 saturated carbocycles. The number of nitriles is 1. The number of nitrogens with zero attached hydrogens (tertiary/aromatic N) is 2. The van der Waals surface area contributed by atoms with Gasteiger partial charge in [0, 0.05) is 12.7 Å². The summed E-state index contributed by atoms with van der Waals surface area (Å²) in [5, 5.41) is 8.87. The summed E-state index contributed by atoms with van der Waals surface area (Å²) in [6, 6.07) is 2.27. The van der Waals surface area contributed by atoms with Crippen LogP contribution < -0.4 is 0 Å². The van der Waals surface area contributed by atoms with Gasteiger partial charge in [0.2, 0.25) is 0 Å². The van der Waals surface area contributed by atoms with E-state index in [-0.39, 0.29) is 0 Å². The highest BCUT2D eigenvalue weighted by molar-refractivity contribution is 5.22. The number of rotatable bonds is 1. The lowest BCUT2D eigenvalue weighted by atomic mass is 10.0. The first-order valence-corrected chi connectivity index (χ1v) is 4.09. The third-order valence-corrected chi connectivity index (χ3v) is 2.12. The Hall–Kier alpha value is -1.23. The van der Waals surface area contributed by atoms with Crippen LogP contribution in [0.2, 0.25) is 0 Å². The van der Waals surface area contributed by atoms with Crippen molar-refractivity contribution in [1.82, 2.24) is 4.90 Å². The molecule has 0 aliphatic carbocycles. The summed E-state index contributed by atoms with van der Waals surface area (Å²) in [5.41, 5.74) is 0.869. The standard InChI is InChI=1S/C10H14N2/c1-9-4-6-12(7-5-9)10(2,3)8-11/h4-6H,7H2,1-3H3. The van der Waals surface area contributed by atoms with Crippen LogP contribution in [0.1, 0.15) is 20.8 Å². The van der Waals surface area contributed by atoms with Crippen LogP contribution in [0.15, 0.2) is 23.9 Å². The Morgan fingerprint density at radius 2 is 2.25 bits per heavy atom. The van der Waals surface area contributed by atoms with E-state index < -0.39 is 5.54 Å². The Morgan fingerprint density at radius 1 is 1.58 bits per heavy atom. The molecule has 1 rings (SSSR count). The lowest BCUT2D eigenvalue weighted by Crippen LogP contribution is -2.39. The van der Waals surface area contributed by atoms with Gasteiger partial charge in [0.05, 0.1) is 6.07 Å². The Morgan fingerprint density at radius 3 is 2.67 bits per heavy atom. The van der Waals surface area contributed by atoms with Crippen molar-refractivity contribution >= 4 is 0 Å². The summed E-state index contributed by atoms with van der Waals surface area (Å²) in [6.07, 6.45) is 6.14. The summed E-state index contributed by atoms with van der Waals surface area (Å²) < 4.78 is 0. The first-order chi connectivity index (χ1) is 5.56. The normalized spacial score (nSPS) is 17.2. The maximum absolute atomic E-state index is 8.87. The van der Waals surface area contributed by atoms with E-state index in [1.807, 2.05) is 31.0 Å². The minimum absolute atomic E-state index is 0.395. The lowest BCUT2D eigenvalue weighted by Gasteiger charge is -2.32. The van der Waals surface area contributed by atoms with Gasteiger partial charge in [0.1, 0.15) is 5.54 Å². The van der Waals surface area contributed by atoms with Crippen molar-refractivity contribution in [3.8, 4) is 6.07 Å². The summed E-state index contributed by atoms with van der Waals surface area (Å²) in [7, 11) is 0. The Balaban J connectivity index is 2.73. The molecule has 0 bridgehead atoms. The predicted octanol–water partition coefficient (Wildman–Crippen LogP) is 2.06. The first kappa shape index (κ1) is 8.86. The molecule has 2 heteroatoms. The van der Waals surface area contributed by atoms with Gasteiger partial charge < -0.3 is 4.90 Å². The van der Waals surface area contributed by atoms with E-state index in [0.29, 0.717) is 0 Å². The molecule has 0 radical (unpaired) electrons. The van der Waals surface area contributed by atoms with Gasteiger partial charge in [-0.3, -0.25) is 0 Å². The highest BCUT2D eigenvalue weighted by Crippen LogP contribution is 2.17. The van der Waals surface area contributed by atoms with Crippen LogP contribution in [0, 0.1) is 11.3 Å². The first-order valence-electron chi connectivity index (χ1n) is 4.09. The van der Waals surface area contributed by atoms with E-state index in [2.05, 4.69) is 19.1 Å². The predicted molar refractivity (Wildman–Crippen MR) is 49.3 cm³/mol. The molecule has 2 nitrogen and oxygen atoms in total. The van der Waals surface area contributed by atoms with Gasteiger partial charge in [-0.25, -0.2) is 0 Å². The molecule has 0 aromatic rings. The fourth-order valence-corrected chi connectivity index (χ4v) is 1.06. The molecule has 0 amide bonds. The fraction of sp³-hybridized carbons (Fsp3) is 0.500. The number of hydrogen-bond acceptors (Lipinski definition) is 2. The number of hydrogen-bond donors (Lipinski definition) is 0. The summed E-state index contributed by atoms with van der Waals surface area (Å²) in [4.78, 5) is 2.03. The molecule has 12 heavy (non-hydrogen) atoms. The van der Waals surface area contributed by atoms with Crippen molar-refractivity contribution < 1.29 is 0 Å². The molecule has 1 aliphatic rings. The van der Waals surface area contributed by atoms with Crippen LogP contribution in [0.25, 0.3) is 0 Å². The number of allylic oxidation sites excluding steroid dienone is 2. The molecular formula is C10H14N2. The minimum Gasteiger partial charge on any atom is -0.356 e. The summed E-state index contributed by atoms with van der Waals surface area (Å²) in [6.45, 7) is 6.74. The maximum Gasteiger partial charge on any atom is 0.121 e.